The first kappa shape index (κ1) is 10.7. The van der Waals surface area contributed by atoms with Gasteiger partial charge >= 0.3 is 0 Å². The van der Waals surface area contributed by atoms with Gasteiger partial charge in [-0.3, -0.25) is 0 Å². The fourth-order valence-electron chi connectivity index (χ4n) is 0.888. The molecule has 2 atom stereocenters. The molecule has 0 aliphatic heterocycles. The second kappa shape index (κ2) is 4.55. The third-order valence-electron chi connectivity index (χ3n) is 2.09. The van der Waals surface area contributed by atoms with Gasteiger partial charge < -0.3 is 5.11 Å². The highest BCUT2D eigenvalue weighted by Gasteiger charge is 2.14. The van der Waals surface area contributed by atoms with Crippen LogP contribution in [0.3, 0.4) is 0 Å². The molecular formula is C10H20O. The minimum atomic E-state index is -0.278. The summed E-state index contributed by atoms with van der Waals surface area (Å²) in [5.41, 5.74) is 1.19. The van der Waals surface area contributed by atoms with Crippen LogP contribution in [0.1, 0.15) is 34.6 Å². The fourth-order valence-corrected chi connectivity index (χ4v) is 0.888. The van der Waals surface area contributed by atoms with Crippen molar-refractivity contribution < 1.29 is 5.11 Å². The van der Waals surface area contributed by atoms with Crippen LogP contribution >= 0.6 is 0 Å². The molecule has 0 aromatic rings. The highest BCUT2D eigenvalue weighted by Crippen LogP contribution is 2.16. The molecule has 0 saturated carbocycles. The molecule has 11 heavy (non-hydrogen) atoms. The largest absolute Gasteiger partial charge is 0.389 e. The smallest absolute Gasteiger partial charge is 0.0751 e. The summed E-state index contributed by atoms with van der Waals surface area (Å²) in [6.45, 7) is 10.4. The van der Waals surface area contributed by atoms with Crippen LogP contribution in [-0.4, -0.2) is 11.2 Å². The van der Waals surface area contributed by atoms with Crippen LogP contribution < -0.4 is 0 Å². The molecule has 0 amide bonds. The lowest BCUT2D eigenvalue weighted by Crippen LogP contribution is -2.20. The van der Waals surface area contributed by atoms with Gasteiger partial charge in [-0.2, -0.15) is 0 Å². The predicted octanol–water partition coefficient (Wildman–Crippen LogP) is 2.61. The minimum Gasteiger partial charge on any atom is -0.389 e. The average Bonchev–Trinajstić information content (AvgIpc) is 1.84. The van der Waals surface area contributed by atoms with Crippen molar-refractivity contribution in [1.29, 1.82) is 0 Å². The molecule has 0 rings (SSSR count). The van der Waals surface area contributed by atoms with Crippen LogP contribution in [0.25, 0.3) is 0 Å². The predicted molar refractivity (Wildman–Crippen MR) is 49.4 cm³/mol. The molecule has 0 fully saturated rings. The Hall–Kier alpha value is -0.300. The maximum atomic E-state index is 9.58. The Morgan fingerprint density at radius 3 is 1.91 bits per heavy atom. The average molecular weight is 156 g/mol. The maximum Gasteiger partial charge on any atom is 0.0751 e. The molecule has 0 aromatic carbocycles. The van der Waals surface area contributed by atoms with E-state index >= 15 is 0 Å². The highest BCUT2D eigenvalue weighted by atomic mass is 16.3. The van der Waals surface area contributed by atoms with Crippen LogP contribution in [0.2, 0.25) is 0 Å². The Bertz CT molecular complexity index is 132. The maximum absolute atomic E-state index is 9.58. The summed E-state index contributed by atoms with van der Waals surface area (Å²) in [6.07, 6.45) is 1.64. The Kier molecular flexibility index (Phi) is 4.43. The van der Waals surface area contributed by atoms with Crippen LogP contribution in [0, 0.1) is 11.8 Å². The lowest BCUT2D eigenvalue weighted by atomic mass is 9.91. The zero-order valence-corrected chi connectivity index (χ0v) is 8.26. The zero-order valence-electron chi connectivity index (χ0n) is 8.26. The first-order valence-corrected chi connectivity index (χ1v) is 4.28. The summed E-state index contributed by atoms with van der Waals surface area (Å²) in [5, 5.41) is 9.58. The summed E-state index contributed by atoms with van der Waals surface area (Å²) in [6, 6.07) is 0. The first-order valence-electron chi connectivity index (χ1n) is 4.28. The standard InChI is InChI=1S/C10H20O/c1-7(2)6-10(11)9(5)8(3)4/h6,8-11H,1-5H3. The molecule has 0 radical (unpaired) electrons. The quantitative estimate of drug-likeness (QED) is 0.623. The van der Waals surface area contributed by atoms with E-state index in [4.69, 9.17) is 0 Å². The van der Waals surface area contributed by atoms with E-state index < -0.39 is 0 Å². The van der Waals surface area contributed by atoms with Gasteiger partial charge in [0.2, 0.25) is 0 Å². The molecule has 0 aromatic heterocycles. The van der Waals surface area contributed by atoms with Gasteiger partial charge in [0.15, 0.2) is 0 Å². The molecule has 1 heteroatoms. The third-order valence-corrected chi connectivity index (χ3v) is 2.09. The van der Waals surface area contributed by atoms with Crippen molar-refractivity contribution >= 4 is 0 Å². The SMILES string of the molecule is CC(C)=CC(O)C(C)C(C)C. The second-order valence-electron chi connectivity index (χ2n) is 3.84. The van der Waals surface area contributed by atoms with E-state index in [1.54, 1.807) is 0 Å². The summed E-state index contributed by atoms with van der Waals surface area (Å²) < 4.78 is 0. The van der Waals surface area contributed by atoms with Crippen molar-refractivity contribution in [2.75, 3.05) is 0 Å². The van der Waals surface area contributed by atoms with Crippen molar-refractivity contribution in [3.63, 3.8) is 0 Å². The van der Waals surface area contributed by atoms with Gasteiger partial charge in [-0.05, 0) is 25.7 Å². The molecule has 0 aliphatic carbocycles. The van der Waals surface area contributed by atoms with Crippen LogP contribution in [0.4, 0.5) is 0 Å². The molecule has 0 aliphatic rings. The third kappa shape index (κ3) is 4.20. The molecule has 0 spiro atoms. The van der Waals surface area contributed by atoms with Gasteiger partial charge in [0.25, 0.3) is 0 Å². The second-order valence-corrected chi connectivity index (χ2v) is 3.84. The van der Waals surface area contributed by atoms with Crippen molar-refractivity contribution in [1.82, 2.24) is 0 Å². The van der Waals surface area contributed by atoms with E-state index in [9.17, 15) is 5.11 Å². The Morgan fingerprint density at radius 2 is 1.64 bits per heavy atom. The number of hydrogen-bond acceptors (Lipinski definition) is 1. The Labute approximate surface area is 70.1 Å². The molecule has 1 nitrogen and oxygen atoms in total. The van der Waals surface area contributed by atoms with Crippen molar-refractivity contribution in [3.05, 3.63) is 11.6 Å². The van der Waals surface area contributed by atoms with Gasteiger partial charge in [0.05, 0.1) is 6.10 Å². The fraction of sp³-hybridized carbons (Fsp3) is 0.800. The summed E-state index contributed by atoms with van der Waals surface area (Å²) in [5.74, 6) is 0.894. The molecule has 0 heterocycles. The number of rotatable bonds is 3. The molecular weight excluding hydrogens is 136 g/mol. The number of aliphatic hydroxyl groups is 1. The topological polar surface area (TPSA) is 20.2 Å². The summed E-state index contributed by atoms with van der Waals surface area (Å²) in [7, 11) is 0. The normalized spacial score (nSPS) is 16.3. The van der Waals surface area contributed by atoms with Crippen molar-refractivity contribution in [2.45, 2.75) is 40.7 Å². The molecule has 0 saturated heterocycles. The zero-order chi connectivity index (χ0) is 9.02. The number of hydrogen-bond donors (Lipinski definition) is 1. The monoisotopic (exact) mass is 156 g/mol. The van der Waals surface area contributed by atoms with E-state index in [-0.39, 0.29) is 6.10 Å². The Morgan fingerprint density at radius 1 is 1.18 bits per heavy atom. The van der Waals surface area contributed by atoms with E-state index in [2.05, 4.69) is 20.8 Å². The van der Waals surface area contributed by atoms with Gasteiger partial charge in [-0.15, -0.1) is 0 Å². The van der Waals surface area contributed by atoms with E-state index in [0.717, 1.165) is 0 Å². The van der Waals surface area contributed by atoms with E-state index in [1.807, 2.05) is 19.9 Å². The van der Waals surface area contributed by atoms with Crippen LogP contribution in [0.5, 0.6) is 0 Å². The van der Waals surface area contributed by atoms with E-state index in [0.29, 0.717) is 11.8 Å². The minimum absolute atomic E-state index is 0.278. The van der Waals surface area contributed by atoms with Gasteiger partial charge in [-0.1, -0.05) is 32.4 Å². The lowest BCUT2D eigenvalue weighted by Gasteiger charge is -2.19. The van der Waals surface area contributed by atoms with Crippen LogP contribution in [-0.2, 0) is 0 Å². The summed E-state index contributed by atoms with van der Waals surface area (Å²) in [4.78, 5) is 0. The molecule has 2 unspecified atom stereocenters. The molecule has 66 valence electrons. The van der Waals surface area contributed by atoms with Crippen LogP contribution in [0.15, 0.2) is 11.6 Å². The number of aliphatic hydroxyl groups excluding tert-OH is 1. The van der Waals surface area contributed by atoms with Gasteiger partial charge in [0.1, 0.15) is 0 Å². The first-order chi connectivity index (χ1) is 4.95. The highest BCUT2D eigenvalue weighted by molar-refractivity contribution is 4.99. The Balaban J connectivity index is 4.03. The number of allylic oxidation sites excluding steroid dienone is 1. The van der Waals surface area contributed by atoms with Gasteiger partial charge in [-0.25, -0.2) is 0 Å². The van der Waals surface area contributed by atoms with Gasteiger partial charge in [0, 0.05) is 0 Å². The summed E-state index contributed by atoms with van der Waals surface area (Å²) >= 11 is 0. The van der Waals surface area contributed by atoms with Crippen molar-refractivity contribution in [2.24, 2.45) is 11.8 Å². The van der Waals surface area contributed by atoms with Crippen molar-refractivity contribution in [3.8, 4) is 0 Å². The lowest BCUT2D eigenvalue weighted by molar-refractivity contribution is 0.133. The molecule has 0 bridgehead atoms. The van der Waals surface area contributed by atoms with E-state index in [1.165, 1.54) is 5.57 Å². The molecule has 1 N–H and O–H groups in total.